The molecule has 1 aromatic carbocycles. The van der Waals surface area contributed by atoms with Crippen molar-refractivity contribution in [3.05, 3.63) is 38.9 Å². The largest absolute Gasteiger partial charge is 0.344 e. The van der Waals surface area contributed by atoms with E-state index in [1.807, 2.05) is 0 Å². The summed E-state index contributed by atoms with van der Waals surface area (Å²) in [6.45, 7) is 3.30. The molecule has 0 spiro atoms. The van der Waals surface area contributed by atoms with E-state index in [-0.39, 0.29) is 10.6 Å². The zero-order chi connectivity index (χ0) is 19.2. The third kappa shape index (κ3) is 3.54. The number of non-ortho nitro benzene ring substituents is 1. The van der Waals surface area contributed by atoms with Crippen molar-refractivity contribution in [1.29, 1.82) is 0 Å². The van der Waals surface area contributed by atoms with E-state index in [2.05, 4.69) is 15.1 Å². The van der Waals surface area contributed by atoms with E-state index in [1.165, 1.54) is 29.3 Å². The number of rotatable bonds is 5. The number of benzene rings is 1. The predicted octanol–water partition coefficient (Wildman–Crippen LogP) is 2.14. The first-order valence-electron chi connectivity index (χ1n) is 8.70. The smallest absolute Gasteiger partial charge is 0.270 e. The Morgan fingerprint density at radius 2 is 1.89 bits per heavy atom. The van der Waals surface area contributed by atoms with Crippen LogP contribution >= 0.6 is 11.3 Å². The van der Waals surface area contributed by atoms with Crippen LogP contribution in [0.15, 0.2) is 23.1 Å². The van der Waals surface area contributed by atoms with Gasteiger partial charge in [0.25, 0.3) is 5.69 Å². The molecular weight excluding hydrogens is 390 g/mol. The van der Waals surface area contributed by atoms with Gasteiger partial charge in [0.15, 0.2) is 0 Å². The quantitative estimate of drug-likeness (QED) is 0.550. The monoisotopic (exact) mass is 409 g/mol. The summed E-state index contributed by atoms with van der Waals surface area (Å²) < 4.78 is 27.4. The maximum absolute atomic E-state index is 13.0. The zero-order valence-corrected chi connectivity index (χ0v) is 16.4. The summed E-state index contributed by atoms with van der Waals surface area (Å²) in [6, 6.07) is 3.94. The molecule has 2 fully saturated rings. The molecule has 1 aliphatic heterocycles. The number of nitrogens with zero attached hydrogens (tertiary/aromatic N) is 5. The average Bonchev–Trinajstić information content (AvgIpc) is 3.39. The molecule has 1 aromatic heterocycles. The standard InChI is InChI=1S/C16H19N5O4S2/c1-11-2-5-13(21(22)23)10-14(11)27(24,25)20-8-6-19(7-9-20)16-18-17-15(26-16)12-3-4-12/h2,5,10,12H,3-4,6-9H2,1H3. The fraction of sp³-hybridized carbons (Fsp3) is 0.500. The van der Waals surface area contributed by atoms with Crippen molar-refractivity contribution in [2.75, 3.05) is 31.1 Å². The van der Waals surface area contributed by atoms with Crippen LogP contribution < -0.4 is 4.90 Å². The van der Waals surface area contributed by atoms with E-state index in [0.29, 0.717) is 37.7 Å². The van der Waals surface area contributed by atoms with Gasteiger partial charge >= 0.3 is 0 Å². The number of hydrogen-bond acceptors (Lipinski definition) is 8. The van der Waals surface area contributed by atoms with Crippen molar-refractivity contribution in [2.45, 2.75) is 30.6 Å². The molecule has 1 saturated carbocycles. The Kier molecular flexibility index (Phi) is 4.60. The number of piperazine rings is 1. The van der Waals surface area contributed by atoms with Crippen molar-refractivity contribution in [1.82, 2.24) is 14.5 Å². The second-order valence-electron chi connectivity index (χ2n) is 6.80. The van der Waals surface area contributed by atoms with Crippen LogP contribution in [0.2, 0.25) is 0 Å². The van der Waals surface area contributed by atoms with Crippen LogP contribution in [-0.4, -0.2) is 54.0 Å². The Balaban J connectivity index is 1.49. The molecule has 11 heteroatoms. The second-order valence-corrected chi connectivity index (χ2v) is 9.69. The van der Waals surface area contributed by atoms with Crippen molar-refractivity contribution < 1.29 is 13.3 Å². The van der Waals surface area contributed by atoms with Crippen LogP contribution in [0.5, 0.6) is 0 Å². The van der Waals surface area contributed by atoms with Crippen LogP contribution in [0.4, 0.5) is 10.8 Å². The van der Waals surface area contributed by atoms with Gasteiger partial charge in [-0.1, -0.05) is 17.4 Å². The van der Waals surface area contributed by atoms with Gasteiger partial charge in [0.05, 0.1) is 9.82 Å². The first-order valence-corrected chi connectivity index (χ1v) is 11.0. The van der Waals surface area contributed by atoms with Gasteiger partial charge in [-0.05, 0) is 25.3 Å². The number of hydrogen-bond donors (Lipinski definition) is 0. The average molecular weight is 409 g/mol. The van der Waals surface area contributed by atoms with Gasteiger partial charge < -0.3 is 4.90 Å². The molecule has 2 aromatic rings. The highest BCUT2D eigenvalue weighted by Crippen LogP contribution is 2.42. The summed E-state index contributed by atoms with van der Waals surface area (Å²) in [4.78, 5) is 12.5. The summed E-state index contributed by atoms with van der Waals surface area (Å²) in [5, 5.41) is 21.4. The van der Waals surface area contributed by atoms with Crippen molar-refractivity contribution in [2.24, 2.45) is 0 Å². The second kappa shape index (κ2) is 6.80. The SMILES string of the molecule is Cc1ccc([N+](=O)[O-])cc1S(=O)(=O)N1CCN(c2nnc(C3CC3)s2)CC1. The van der Waals surface area contributed by atoms with E-state index < -0.39 is 14.9 Å². The van der Waals surface area contributed by atoms with Crippen LogP contribution in [0, 0.1) is 17.0 Å². The lowest BCUT2D eigenvalue weighted by Gasteiger charge is -2.33. The molecular formula is C16H19N5O4S2. The maximum Gasteiger partial charge on any atom is 0.270 e. The van der Waals surface area contributed by atoms with Gasteiger partial charge in [0, 0.05) is 44.2 Å². The Labute approximate surface area is 160 Å². The van der Waals surface area contributed by atoms with Crippen molar-refractivity contribution >= 4 is 32.2 Å². The number of nitro groups is 1. The minimum atomic E-state index is -3.78. The molecule has 1 aliphatic carbocycles. The minimum Gasteiger partial charge on any atom is -0.344 e. The lowest BCUT2D eigenvalue weighted by atomic mass is 10.2. The first kappa shape index (κ1) is 18.3. The summed E-state index contributed by atoms with van der Waals surface area (Å²) in [5.74, 6) is 0.551. The molecule has 0 radical (unpaired) electrons. The summed E-state index contributed by atoms with van der Waals surface area (Å²) >= 11 is 1.58. The summed E-state index contributed by atoms with van der Waals surface area (Å²) in [5.41, 5.74) is 0.278. The number of aryl methyl sites for hydroxylation is 1. The van der Waals surface area contributed by atoms with Gasteiger partial charge in [0.1, 0.15) is 5.01 Å². The lowest BCUT2D eigenvalue weighted by Crippen LogP contribution is -2.48. The van der Waals surface area contributed by atoms with E-state index >= 15 is 0 Å². The van der Waals surface area contributed by atoms with Crippen LogP contribution in [-0.2, 0) is 10.0 Å². The molecule has 0 amide bonds. The Bertz CT molecular complexity index is 978. The molecule has 0 atom stereocenters. The van der Waals surface area contributed by atoms with E-state index in [9.17, 15) is 18.5 Å². The number of aromatic nitrogens is 2. The predicted molar refractivity (Wildman–Crippen MR) is 101 cm³/mol. The molecule has 0 unspecified atom stereocenters. The van der Waals surface area contributed by atoms with E-state index in [1.54, 1.807) is 18.3 Å². The number of anilines is 1. The maximum atomic E-state index is 13.0. The van der Waals surface area contributed by atoms with Gasteiger partial charge in [-0.3, -0.25) is 10.1 Å². The lowest BCUT2D eigenvalue weighted by molar-refractivity contribution is -0.385. The van der Waals surface area contributed by atoms with Gasteiger partial charge in [-0.2, -0.15) is 4.31 Å². The molecule has 27 heavy (non-hydrogen) atoms. The Hall–Kier alpha value is -2.11. The van der Waals surface area contributed by atoms with Gasteiger partial charge in [0.2, 0.25) is 15.2 Å². The van der Waals surface area contributed by atoms with Crippen LogP contribution in [0.25, 0.3) is 0 Å². The third-order valence-corrected chi connectivity index (χ3v) is 8.05. The topological polar surface area (TPSA) is 110 Å². The van der Waals surface area contributed by atoms with Crippen molar-refractivity contribution in [3.63, 3.8) is 0 Å². The molecule has 9 nitrogen and oxygen atoms in total. The third-order valence-electron chi connectivity index (χ3n) is 4.87. The summed E-state index contributed by atoms with van der Waals surface area (Å²) in [7, 11) is -3.78. The van der Waals surface area contributed by atoms with Gasteiger partial charge in [-0.15, -0.1) is 10.2 Å². The summed E-state index contributed by atoms with van der Waals surface area (Å²) in [6.07, 6.45) is 2.34. The molecule has 1 saturated heterocycles. The highest BCUT2D eigenvalue weighted by atomic mass is 32.2. The first-order chi connectivity index (χ1) is 12.9. The fourth-order valence-electron chi connectivity index (χ4n) is 3.09. The molecule has 0 bridgehead atoms. The van der Waals surface area contributed by atoms with Crippen LogP contribution in [0.1, 0.15) is 29.3 Å². The van der Waals surface area contributed by atoms with E-state index in [0.717, 1.165) is 16.2 Å². The molecule has 2 heterocycles. The number of sulfonamides is 1. The van der Waals surface area contributed by atoms with Gasteiger partial charge in [-0.25, -0.2) is 8.42 Å². The number of nitro benzene ring substituents is 1. The highest BCUT2D eigenvalue weighted by Gasteiger charge is 2.33. The zero-order valence-electron chi connectivity index (χ0n) is 14.7. The van der Waals surface area contributed by atoms with Crippen LogP contribution in [0.3, 0.4) is 0 Å². The minimum absolute atomic E-state index is 0.00270. The highest BCUT2D eigenvalue weighted by molar-refractivity contribution is 7.89. The Morgan fingerprint density at radius 1 is 1.19 bits per heavy atom. The fourth-order valence-corrected chi connectivity index (χ4v) is 5.82. The molecule has 144 valence electrons. The molecule has 2 aliphatic rings. The van der Waals surface area contributed by atoms with Crippen molar-refractivity contribution in [3.8, 4) is 0 Å². The molecule has 4 rings (SSSR count). The Morgan fingerprint density at radius 3 is 2.52 bits per heavy atom. The normalized spacial score (nSPS) is 18.6. The molecule has 0 N–H and O–H groups in total. The van der Waals surface area contributed by atoms with E-state index in [4.69, 9.17) is 0 Å².